The Bertz CT molecular complexity index is 208. The minimum atomic E-state index is -0.469. The summed E-state index contributed by atoms with van der Waals surface area (Å²) >= 11 is 5.59. The van der Waals surface area contributed by atoms with Gasteiger partial charge in [0, 0.05) is 7.05 Å². The summed E-state index contributed by atoms with van der Waals surface area (Å²) in [7, 11) is 2.81. The summed E-state index contributed by atoms with van der Waals surface area (Å²) in [6, 6.07) is 0. The quantitative estimate of drug-likeness (QED) is 0.361. The molecule has 4 heteroatoms. The lowest BCUT2D eigenvalue weighted by molar-refractivity contribution is -0.135. The van der Waals surface area contributed by atoms with Crippen molar-refractivity contribution in [2.75, 3.05) is 14.2 Å². The summed E-state index contributed by atoms with van der Waals surface area (Å²) in [6.07, 6.45) is 1.56. The van der Waals surface area contributed by atoms with Gasteiger partial charge >= 0.3 is 5.97 Å². The number of carbonyl (C=O) groups is 1. The normalized spacial score (nSPS) is 13.1. The van der Waals surface area contributed by atoms with Crippen molar-refractivity contribution in [2.24, 2.45) is 4.99 Å². The number of esters is 1. The maximum Gasteiger partial charge on any atom is 0.340 e. The maximum absolute atomic E-state index is 10.9. The lowest BCUT2D eigenvalue weighted by Crippen LogP contribution is -2.09. The Balaban J connectivity index is 4.57. The molecule has 0 unspecified atom stereocenters. The first-order valence-corrected chi connectivity index (χ1v) is 3.42. The van der Waals surface area contributed by atoms with E-state index in [1.165, 1.54) is 14.2 Å². The molecule has 0 aliphatic rings. The predicted molar refractivity (Wildman–Crippen MR) is 45.0 cm³/mol. The van der Waals surface area contributed by atoms with Gasteiger partial charge in [0.05, 0.1) is 12.7 Å². The zero-order valence-corrected chi connectivity index (χ0v) is 7.47. The van der Waals surface area contributed by atoms with Gasteiger partial charge in [-0.05, 0) is 6.92 Å². The largest absolute Gasteiger partial charge is 0.465 e. The molecule has 62 valence electrons. The Kier molecular flexibility index (Phi) is 4.54. The van der Waals surface area contributed by atoms with Gasteiger partial charge in [-0.15, -0.1) is 0 Å². The van der Waals surface area contributed by atoms with Crippen LogP contribution in [0.25, 0.3) is 0 Å². The summed E-state index contributed by atoms with van der Waals surface area (Å²) in [5.74, 6) is -0.469. The Labute approximate surface area is 70.7 Å². The van der Waals surface area contributed by atoms with Crippen molar-refractivity contribution >= 4 is 22.7 Å². The molecule has 0 saturated carbocycles. The number of nitrogens with zero attached hydrogens (tertiary/aromatic N) is 1. The van der Waals surface area contributed by atoms with Gasteiger partial charge < -0.3 is 4.74 Å². The van der Waals surface area contributed by atoms with E-state index in [2.05, 4.69) is 9.73 Å². The van der Waals surface area contributed by atoms with Crippen LogP contribution in [0.2, 0.25) is 0 Å². The predicted octanol–water partition coefficient (Wildman–Crippen LogP) is 1.37. The van der Waals surface area contributed by atoms with Gasteiger partial charge in [-0.3, -0.25) is 4.99 Å². The second-order valence-electron chi connectivity index (χ2n) is 1.71. The average molecular weight is 176 g/mol. The molecule has 0 atom stereocenters. The topological polar surface area (TPSA) is 38.7 Å². The van der Waals surface area contributed by atoms with Crippen molar-refractivity contribution in [2.45, 2.75) is 6.92 Å². The van der Waals surface area contributed by atoms with E-state index in [0.717, 1.165) is 0 Å². The fourth-order valence-electron chi connectivity index (χ4n) is 0.552. The minimum Gasteiger partial charge on any atom is -0.465 e. The molecule has 0 aliphatic carbocycles. The number of rotatable bonds is 2. The number of ether oxygens (including phenoxy) is 1. The number of aliphatic imine (C=N–C) groups is 1. The van der Waals surface area contributed by atoms with Gasteiger partial charge in [0.1, 0.15) is 5.17 Å². The van der Waals surface area contributed by atoms with Gasteiger partial charge in [0.2, 0.25) is 0 Å². The second-order valence-corrected chi connectivity index (χ2v) is 2.07. The molecule has 0 aromatic carbocycles. The van der Waals surface area contributed by atoms with Gasteiger partial charge in [0.25, 0.3) is 0 Å². The van der Waals surface area contributed by atoms with Crippen LogP contribution in [0, 0.1) is 0 Å². The molecule has 0 saturated heterocycles. The van der Waals surface area contributed by atoms with Crippen LogP contribution in [0.15, 0.2) is 16.6 Å². The van der Waals surface area contributed by atoms with Crippen molar-refractivity contribution < 1.29 is 9.53 Å². The van der Waals surface area contributed by atoms with E-state index in [9.17, 15) is 4.79 Å². The molecule has 0 rings (SSSR count). The molecular weight excluding hydrogens is 166 g/mol. The summed E-state index contributed by atoms with van der Waals surface area (Å²) in [6.45, 7) is 1.69. The SMILES string of the molecule is C/C=C(/C(=O)OC)C(Cl)=NC. The number of carbonyl (C=O) groups excluding carboxylic acids is 1. The first-order chi connectivity index (χ1) is 5.17. The molecule has 0 aromatic rings. The van der Waals surface area contributed by atoms with Crippen LogP contribution in [0.1, 0.15) is 6.92 Å². The molecule has 0 bridgehead atoms. The van der Waals surface area contributed by atoms with Crippen LogP contribution >= 0.6 is 11.6 Å². The number of halogens is 1. The third kappa shape index (κ3) is 2.72. The van der Waals surface area contributed by atoms with Crippen molar-refractivity contribution in [3.05, 3.63) is 11.6 Å². The average Bonchev–Trinajstić information content (AvgIpc) is 2.05. The van der Waals surface area contributed by atoms with Crippen LogP contribution in [0.3, 0.4) is 0 Å². The standard InChI is InChI=1S/C7H10ClNO2/c1-4-5(6(8)9-2)7(10)11-3/h4H,1-3H3/b5-4+,9-6?. The Morgan fingerprint density at radius 2 is 2.18 bits per heavy atom. The molecule has 0 amide bonds. The summed E-state index contributed by atoms with van der Waals surface area (Å²) in [4.78, 5) is 14.5. The highest BCUT2D eigenvalue weighted by Gasteiger charge is 2.12. The maximum atomic E-state index is 10.9. The Morgan fingerprint density at radius 1 is 1.64 bits per heavy atom. The minimum absolute atomic E-state index is 0.166. The Hall–Kier alpha value is -0.830. The fraction of sp³-hybridized carbons (Fsp3) is 0.429. The van der Waals surface area contributed by atoms with E-state index in [0.29, 0.717) is 0 Å². The van der Waals surface area contributed by atoms with E-state index in [1.807, 2.05) is 0 Å². The van der Waals surface area contributed by atoms with Crippen LogP contribution in [-0.4, -0.2) is 25.3 Å². The molecule has 11 heavy (non-hydrogen) atoms. The first kappa shape index (κ1) is 10.2. The molecule has 0 radical (unpaired) electrons. The number of hydrogen-bond acceptors (Lipinski definition) is 3. The van der Waals surface area contributed by atoms with Crippen LogP contribution in [0.4, 0.5) is 0 Å². The molecule has 0 spiro atoms. The summed E-state index contributed by atoms with van der Waals surface area (Å²) in [5, 5.41) is 0.166. The third-order valence-corrected chi connectivity index (χ3v) is 1.49. The highest BCUT2D eigenvalue weighted by molar-refractivity contribution is 6.72. The highest BCUT2D eigenvalue weighted by Crippen LogP contribution is 2.04. The molecule has 0 N–H and O–H groups in total. The van der Waals surface area contributed by atoms with E-state index in [-0.39, 0.29) is 10.7 Å². The van der Waals surface area contributed by atoms with Gasteiger partial charge in [-0.1, -0.05) is 17.7 Å². The smallest absolute Gasteiger partial charge is 0.340 e. The van der Waals surface area contributed by atoms with Gasteiger partial charge in [0.15, 0.2) is 0 Å². The van der Waals surface area contributed by atoms with Gasteiger partial charge in [-0.25, -0.2) is 4.79 Å². The van der Waals surface area contributed by atoms with E-state index in [1.54, 1.807) is 13.0 Å². The van der Waals surface area contributed by atoms with Crippen LogP contribution < -0.4 is 0 Å². The van der Waals surface area contributed by atoms with E-state index in [4.69, 9.17) is 11.6 Å². The molecule has 0 fully saturated rings. The van der Waals surface area contributed by atoms with Crippen molar-refractivity contribution in [3.8, 4) is 0 Å². The molecule has 0 aromatic heterocycles. The molecular formula is C7H10ClNO2. The van der Waals surface area contributed by atoms with E-state index >= 15 is 0 Å². The number of hydrogen-bond donors (Lipinski definition) is 0. The third-order valence-electron chi connectivity index (χ3n) is 1.11. The lowest BCUT2D eigenvalue weighted by Gasteiger charge is -2.00. The fourth-order valence-corrected chi connectivity index (χ4v) is 0.738. The van der Waals surface area contributed by atoms with Crippen LogP contribution in [-0.2, 0) is 9.53 Å². The summed E-state index contributed by atoms with van der Waals surface area (Å²) in [5.41, 5.74) is 0.289. The summed E-state index contributed by atoms with van der Waals surface area (Å²) < 4.78 is 4.45. The van der Waals surface area contributed by atoms with Gasteiger partial charge in [-0.2, -0.15) is 0 Å². The van der Waals surface area contributed by atoms with Crippen molar-refractivity contribution in [1.29, 1.82) is 0 Å². The zero-order valence-electron chi connectivity index (χ0n) is 6.72. The zero-order chi connectivity index (χ0) is 8.85. The van der Waals surface area contributed by atoms with Crippen LogP contribution in [0.5, 0.6) is 0 Å². The second kappa shape index (κ2) is 4.91. The van der Waals surface area contributed by atoms with Crippen molar-refractivity contribution in [1.82, 2.24) is 0 Å². The number of methoxy groups -OCH3 is 1. The first-order valence-electron chi connectivity index (χ1n) is 3.04. The molecule has 0 heterocycles. The number of allylic oxidation sites excluding steroid dienone is 1. The van der Waals surface area contributed by atoms with Crippen molar-refractivity contribution in [3.63, 3.8) is 0 Å². The molecule has 3 nitrogen and oxygen atoms in total. The highest BCUT2D eigenvalue weighted by atomic mass is 35.5. The molecule has 0 aliphatic heterocycles. The lowest BCUT2D eigenvalue weighted by atomic mass is 10.3. The Morgan fingerprint density at radius 3 is 2.45 bits per heavy atom. The monoisotopic (exact) mass is 175 g/mol. The van der Waals surface area contributed by atoms with E-state index < -0.39 is 5.97 Å².